The van der Waals surface area contributed by atoms with Crippen molar-refractivity contribution in [1.82, 2.24) is 0 Å². The van der Waals surface area contributed by atoms with Gasteiger partial charge in [0, 0.05) is 6.92 Å². The first-order valence-corrected chi connectivity index (χ1v) is 5.28. The SMILES string of the molecule is CCCCOOC(C)=O.OCCOCCO. The summed E-state index contributed by atoms with van der Waals surface area (Å²) in [7, 11) is 0. The van der Waals surface area contributed by atoms with E-state index in [1.807, 2.05) is 6.92 Å². The van der Waals surface area contributed by atoms with Gasteiger partial charge in [0.2, 0.25) is 0 Å². The molecule has 0 atom stereocenters. The molecule has 0 bridgehead atoms. The van der Waals surface area contributed by atoms with Crippen molar-refractivity contribution in [2.75, 3.05) is 33.0 Å². The number of hydrogen-bond acceptors (Lipinski definition) is 6. The summed E-state index contributed by atoms with van der Waals surface area (Å²) in [5, 5.41) is 16.2. The van der Waals surface area contributed by atoms with Crippen LogP contribution in [-0.4, -0.2) is 49.2 Å². The lowest BCUT2D eigenvalue weighted by atomic mass is 10.4. The molecule has 2 N–H and O–H groups in total. The molecule has 0 saturated carbocycles. The molecule has 0 aliphatic heterocycles. The average Bonchev–Trinajstić information content (AvgIpc) is 2.26. The lowest BCUT2D eigenvalue weighted by molar-refractivity contribution is -0.270. The summed E-state index contributed by atoms with van der Waals surface area (Å²) in [6, 6.07) is 0. The van der Waals surface area contributed by atoms with E-state index in [-0.39, 0.29) is 13.2 Å². The van der Waals surface area contributed by atoms with E-state index in [1.54, 1.807) is 0 Å². The molecule has 0 rings (SSSR count). The summed E-state index contributed by atoms with van der Waals surface area (Å²) in [6.45, 7) is 4.54. The molecule has 0 saturated heterocycles. The quantitative estimate of drug-likeness (QED) is 0.358. The van der Waals surface area contributed by atoms with Crippen molar-refractivity contribution in [1.29, 1.82) is 0 Å². The van der Waals surface area contributed by atoms with Gasteiger partial charge in [-0.3, -0.25) is 4.89 Å². The highest BCUT2D eigenvalue weighted by atomic mass is 17.2. The van der Waals surface area contributed by atoms with Crippen LogP contribution in [0.5, 0.6) is 0 Å². The molecule has 0 amide bonds. The van der Waals surface area contributed by atoms with Crippen molar-refractivity contribution in [3.05, 3.63) is 0 Å². The summed E-state index contributed by atoms with van der Waals surface area (Å²) in [5.74, 6) is -0.397. The molecule has 0 radical (unpaired) electrons. The van der Waals surface area contributed by atoms with Gasteiger partial charge in [0.25, 0.3) is 0 Å². The predicted molar refractivity (Wildman–Crippen MR) is 57.6 cm³/mol. The predicted octanol–water partition coefficient (Wildman–Crippen LogP) is 0.269. The first-order chi connectivity index (χ1) is 7.68. The molecule has 0 heterocycles. The van der Waals surface area contributed by atoms with Gasteiger partial charge in [-0.1, -0.05) is 13.3 Å². The van der Waals surface area contributed by atoms with Gasteiger partial charge in [-0.15, -0.1) is 0 Å². The first-order valence-electron chi connectivity index (χ1n) is 5.28. The van der Waals surface area contributed by atoms with E-state index in [0.717, 1.165) is 12.8 Å². The minimum atomic E-state index is -0.397. The zero-order valence-corrected chi connectivity index (χ0v) is 9.98. The number of aliphatic hydroxyl groups is 2. The summed E-state index contributed by atoms with van der Waals surface area (Å²) in [4.78, 5) is 18.8. The summed E-state index contributed by atoms with van der Waals surface area (Å²) < 4.78 is 4.63. The molecular formula is C10H22O6. The van der Waals surface area contributed by atoms with Crippen molar-refractivity contribution >= 4 is 5.97 Å². The van der Waals surface area contributed by atoms with Gasteiger partial charge in [-0.2, -0.15) is 4.89 Å². The van der Waals surface area contributed by atoms with Gasteiger partial charge in [0.15, 0.2) is 0 Å². The Morgan fingerprint density at radius 2 is 1.69 bits per heavy atom. The Bertz CT molecular complexity index is 135. The van der Waals surface area contributed by atoms with Gasteiger partial charge in [0.1, 0.15) is 0 Å². The zero-order valence-electron chi connectivity index (χ0n) is 9.98. The molecule has 0 fully saturated rings. The van der Waals surface area contributed by atoms with Gasteiger partial charge in [0.05, 0.1) is 33.0 Å². The lowest BCUT2D eigenvalue weighted by Crippen LogP contribution is -2.03. The topological polar surface area (TPSA) is 85.2 Å². The largest absolute Gasteiger partial charge is 0.394 e. The van der Waals surface area contributed by atoms with Gasteiger partial charge < -0.3 is 14.9 Å². The summed E-state index contributed by atoms with van der Waals surface area (Å²) >= 11 is 0. The Morgan fingerprint density at radius 3 is 2.06 bits per heavy atom. The number of ether oxygens (including phenoxy) is 1. The fourth-order valence-corrected chi connectivity index (χ4v) is 0.559. The third kappa shape index (κ3) is 23.3. The van der Waals surface area contributed by atoms with E-state index in [1.165, 1.54) is 6.92 Å². The second kappa shape index (κ2) is 16.7. The maximum absolute atomic E-state index is 10.1. The molecule has 0 aromatic rings. The maximum atomic E-state index is 10.1. The maximum Gasteiger partial charge on any atom is 0.339 e. The molecular weight excluding hydrogens is 216 g/mol. The van der Waals surface area contributed by atoms with Crippen LogP contribution >= 0.6 is 0 Å². The van der Waals surface area contributed by atoms with Crippen LogP contribution in [0.2, 0.25) is 0 Å². The third-order valence-corrected chi connectivity index (χ3v) is 1.23. The normalized spacial score (nSPS) is 9.25. The van der Waals surface area contributed by atoms with E-state index >= 15 is 0 Å². The number of aliphatic hydroxyl groups excluding tert-OH is 2. The molecule has 0 unspecified atom stereocenters. The molecule has 0 aliphatic carbocycles. The van der Waals surface area contributed by atoms with Crippen LogP contribution in [-0.2, 0) is 19.3 Å². The molecule has 6 heteroatoms. The highest BCUT2D eigenvalue weighted by Crippen LogP contribution is 1.88. The Labute approximate surface area is 96.0 Å². The number of unbranched alkanes of at least 4 members (excludes halogenated alkanes) is 1. The highest BCUT2D eigenvalue weighted by molar-refractivity contribution is 5.65. The van der Waals surface area contributed by atoms with Gasteiger partial charge in [-0.05, 0) is 6.42 Å². The minimum Gasteiger partial charge on any atom is -0.394 e. The summed E-state index contributed by atoms with van der Waals surface area (Å²) in [5.41, 5.74) is 0. The molecule has 0 spiro atoms. The first kappa shape index (κ1) is 17.7. The number of rotatable bonds is 8. The van der Waals surface area contributed by atoms with Crippen molar-refractivity contribution in [3.63, 3.8) is 0 Å². The van der Waals surface area contributed by atoms with E-state index in [4.69, 9.17) is 10.2 Å². The lowest BCUT2D eigenvalue weighted by Gasteiger charge is -1.97. The van der Waals surface area contributed by atoms with Crippen LogP contribution in [0.25, 0.3) is 0 Å². The number of carbonyl (C=O) groups is 1. The van der Waals surface area contributed by atoms with Gasteiger partial charge >= 0.3 is 5.97 Å². The molecule has 0 aromatic carbocycles. The molecule has 16 heavy (non-hydrogen) atoms. The second-order valence-corrected chi connectivity index (χ2v) is 2.81. The van der Waals surface area contributed by atoms with Crippen molar-refractivity contribution < 1.29 is 29.5 Å². The Balaban J connectivity index is 0. The minimum absolute atomic E-state index is 0.0278. The van der Waals surface area contributed by atoms with Crippen LogP contribution in [0.1, 0.15) is 26.7 Å². The number of hydrogen-bond donors (Lipinski definition) is 2. The molecule has 0 aliphatic rings. The Morgan fingerprint density at radius 1 is 1.12 bits per heavy atom. The second-order valence-electron chi connectivity index (χ2n) is 2.81. The summed E-state index contributed by atoms with van der Waals surface area (Å²) in [6.07, 6.45) is 1.97. The third-order valence-electron chi connectivity index (χ3n) is 1.23. The van der Waals surface area contributed by atoms with Crippen LogP contribution in [0, 0.1) is 0 Å². The molecule has 6 nitrogen and oxygen atoms in total. The standard InChI is InChI=1S/C6H12O3.C4H10O3/c1-3-4-5-8-9-6(2)7;5-1-3-7-4-2-6/h3-5H2,1-2H3;5-6H,1-4H2. The fraction of sp³-hybridized carbons (Fsp3) is 0.900. The van der Waals surface area contributed by atoms with E-state index < -0.39 is 5.97 Å². The van der Waals surface area contributed by atoms with Crippen molar-refractivity contribution in [2.45, 2.75) is 26.7 Å². The van der Waals surface area contributed by atoms with Crippen LogP contribution in [0.15, 0.2) is 0 Å². The van der Waals surface area contributed by atoms with Crippen LogP contribution in [0.3, 0.4) is 0 Å². The monoisotopic (exact) mass is 238 g/mol. The van der Waals surface area contributed by atoms with Gasteiger partial charge in [-0.25, -0.2) is 4.79 Å². The highest BCUT2D eigenvalue weighted by Gasteiger charge is 1.90. The smallest absolute Gasteiger partial charge is 0.339 e. The van der Waals surface area contributed by atoms with Crippen molar-refractivity contribution in [3.8, 4) is 0 Å². The van der Waals surface area contributed by atoms with E-state index in [9.17, 15) is 4.79 Å². The zero-order chi connectivity index (χ0) is 12.6. The van der Waals surface area contributed by atoms with Crippen LogP contribution in [0.4, 0.5) is 0 Å². The fourth-order valence-electron chi connectivity index (χ4n) is 0.559. The molecule has 0 aromatic heterocycles. The molecule has 98 valence electrons. The Hall–Kier alpha value is -0.690. The van der Waals surface area contributed by atoms with Crippen LogP contribution < -0.4 is 0 Å². The Kier molecular flexibility index (Phi) is 18.5. The van der Waals surface area contributed by atoms with E-state index in [0.29, 0.717) is 19.8 Å². The van der Waals surface area contributed by atoms with Crippen molar-refractivity contribution in [2.24, 2.45) is 0 Å². The van der Waals surface area contributed by atoms with E-state index in [2.05, 4.69) is 14.5 Å². The average molecular weight is 238 g/mol. The number of carbonyl (C=O) groups excluding carboxylic acids is 1.